The van der Waals surface area contributed by atoms with E-state index in [1.165, 1.54) is 6.33 Å². The summed E-state index contributed by atoms with van der Waals surface area (Å²) in [5.41, 5.74) is 0.567. The van der Waals surface area contributed by atoms with Crippen LogP contribution in [0.15, 0.2) is 12.7 Å². The Kier molecular flexibility index (Phi) is 3.00. The van der Waals surface area contributed by atoms with Crippen molar-refractivity contribution in [3.8, 4) is 0 Å². The van der Waals surface area contributed by atoms with Gasteiger partial charge in [0.15, 0.2) is 18.1 Å². The van der Waals surface area contributed by atoms with Gasteiger partial charge in [0, 0.05) is 0 Å². The number of aromatic amines is 1. The highest BCUT2D eigenvalue weighted by molar-refractivity contribution is 5.92. The molecule has 0 aromatic carbocycles. The van der Waals surface area contributed by atoms with Crippen molar-refractivity contribution in [3.63, 3.8) is 0 Å². The van der Waals surface area contributed by atoms with Crippen LogP contribution in [0, 0.1) is 0 Å². The number of hydrogen-bond acceptors (Lipinski definition) is 5. The highest BCUT2D eigenvalue weighted by Crippen LogP contribution is 2.17. The number of amides is 1. The molecule has 0 aliphatic carbocycles. The van der Waals surface area contributed by atoms with Crippen molar-refractivity contribution in [2.45, 2.75) is 6.18 Å². The van der Waals surface area contributed by atoms with Crippen LogP contribution in [0.2, 0.25) is 0 Å². The summed E-state index contributed by atoms with van der Waals surface area (Å²) >= 11 is 0. The minimum Gasteiger partial charge on any atom is -0.440 e. The molecule has 2 aromatic heterocycles. The minimum atomic E-state index is -4.58. The summed E-state index contributed by atoms with van der Waals surface area (Å²) in [6, 6.07) is 0. The zero-order valence-corrected chi connectivity index (χ0v) is 8.65. The van der Waals surface area contributed by atoms with Crippen LogP contribution in [0.3, 0.4) is 0 Å². The fraction of sp³-hybridized carbons (Fsp3) is 0.250. The third-order valence-electron chi connectivity index (χ3n) is 1.81. The molecule has 0 aliphatic rings. The number of imidazole rings is 1. The van der Waals surface area contributed by atoms with Crippen LogP contribution >= 0.6 is 0 Å². The molecule has 0 atom stereocenters. The molecule has 0 saturated carbocycles. The molecule has 0 bridgehead atoms. The molecule has 0 aliphatic heterocycles. The number of alkyl halides is 3. The molecule has 18 heavy (non-hydrogen) atoms. The van der Waals surface area contributed by atoms with Crippen molar-refractivity contribution in [2.24, 2.45) is 0 Å². The van der Waals surface area contributed by atoms with Gasteiger partial charge in [-0.25, -0.2) is 19.7 Å². The Bertz CT molecular complexity index is 567. The molecule has 0 fully saturated rings. The number of hydrogen-bond donors (Lipinski definition) is 2. The average Bonchev–Trinajstić information content (AvgIpc) is 2.74. The van der Waals surface area contributed by atoms with Crippen molar-refractivity contribution in [1.82, 2.24) is 19.9 Å². The number of aromatic nitrogens is 4. The summed E-state index contributed by atoms with van der Waals surface area (Å²) < 4.78 is 39.4. The highest BCUT2D eigenvalue weighted by atomic mass is 19.4. The van der Waals surface area contributed by atoms with Gasteiger partial charge in [0.2, 0.25) is 0 Å². The van der Waals surface area contributed by atoms with Crippen molar-refractivity contribution in [2.75, 3.05) is 11.9 Å². The van der Waals surface area contributed by atoms with Crippen LogP contribution in [0.5, 0.6) is 0 Å². The molecule has 2 rings (SSSR count). The number of carbonyl (C=O) groups excluding carboxylic acids is 1. The molecular weight excluding hydrogens is 255 g/mol. The van der Waals surface area contributed by atoms with E-state index >= 15 is 0 Å². The van der Waals surface area contributed by atoms with E-state index in [4.69, 9.17) is 0 Å². The maximum Gasteiger partial charge on any atom is 0.422 e. The van der Waals surface area contributed by atoms with Crippen LogP contribution in [0.4, 0.5) is 23.8 Å². The zero-order chi connectivity index (χ0) is 13.2. The molecule has 2 N–H and O–H groups in total. The fourth-order valence-corrected chi connectivity index (χ4v) is 1.14. The van der Waals surface area contributed by atoms with Gasteiger partial charge in [0.1, 0.15) is 11.8 Å². The molecule has 96 valence electrons. The molecule has 0 radical (unpaired) electrons. The first-order chi connectivity index (χ1) is 8.46. The third kappa shape index (κ3) is 2.84. The fourth-order valence-electron chi connectivity index (χ4n) is 1.14. The van der Waals surface area contributed by atoms with Crippen LogP contribution in [-0.4, -0.2) is 38.8 Å². The lowest BCUT2D eigenvalue weighted by atomic mass is 10.5. The Balaban J connectivity index is 2.05. The summed E-state index contributed by atoms with van der Waals surface area (Å²) in [5, 5.41) is 2.06. The number of fused-ring (bicyclic) bond motifs is 1. The number of carbonyl (C=O) groups is 1. The van der Waals surface area contributed by atoms with Gasteiger partial charge in [-0.3, -0.25) is 5.32 Å². The number of nitrogens with one attached hydrogen (secondary N) is 2. The Morgan fingerprint density at radius 1 is 1.39 bits per heavy atom. The molecule has 2 heterocycles. The minimum absolute atomic E-state index is 0.00956. The standard InChI is InChI=1S/C8H6F3N5O2/c9-8(10,11)1-18-7(17)16-6-4-5(13-2-12-4)14-3-15-6/h2-3H,1H2,(H2,12,13,14,15,16,17). The van der Waals surface area contributed by atoms with E-state index in [0.29, 0.717) is 5.52 Å². The van der Waals surface area contributed by atoms with Crippen molar-refractivity contribution >= 4 is 23.1 Å². The van der Waals surface area contributed by atoms with Crippen LogP contribution in [0.1, 0.15) is 0 Å². The van der Waals surface area contributed by atoms with E-state index in [0.717, 1.165) is 6.33 Å². The number of nitrogens with zero attached hydrogens (tertiary/aromatic N) is 3. The normalized spacial score (nSPS) is 11.5. The summed E-state index contributed by atoms with van der Waals surface area (Å²) in [6.45, 7) is -1.67. The molecular formula is C8H6F3N5O2. The molecule has 0 saturated heterocycles. The summed E-state index contributed by atoms with van der Waals surface area (Å²) in [4.78, 5) is 25.0. The Morgan fingerprint density at radius 3 is 2.89 bits per heavy atom. The SMILES string of the molecule is O=C(Nc1ncnc2nc[nH]c12)OCC(F)(F)F. The second kappa shape index (κ2) is 4.47. The second-order valence-electron chi connectivity index (χ2n) is 3.14. The van der Waals surface area contributed by atoms with E-state index in [1.54, 1.807) is 0 Å². The largest absolute Gasteiger partial charge is 0.440 e. The molecule has 1 amide bonds. The van der Waals surface area contributed by atoms with Crippen LogP contribution in [0.25, 0.3) is 11.2 Å². The summed E-state index contributed by atoms with van der Waals surface area (Å²) in [7, 11) is 0. The lowest BCUT2D eigenvalue weighted by Gasteiger charge is -2.08. The van der Waals surface area contributed by atoms with Gasteiger partial charge < -0.3 is 9.72 Å². The molecule has 10 heteroatoms. The van der Waals surface area contributed by atoms with E-state index in [9.17, 15) is 18.0 Å². The topological polar surface area (TPSA) is 92.8 Å². The van der Waals surface area contributed by atoms with Gasteiger partial charge in [-0.2, -0.15) is 13.2 Å². The quantitative estimate of drug-likeness (QED) is 0.853. The lowest BCUT2D eigenvalue weighted by Crippen LogP contribution is -2.23. The van der Waals surface area contributed by atoms with Crippen molar-refractivity contribution < 1.29 is 22.7 Å². The summed E-state index contributed by atoms with van der Waals surface area (Å²) in [6.07, 6.45) is -3.41. The maximum atomic E-state index is 11.8. The van der Waals surface area contributed by atoms with Gasteiger partial charge in [-0.05, 0) is 0 Å². The number of H-pyrrole nitrogens is 1. The number of ether oxygens (including phenoxy) is 1. The highest BCUT2D eigenvalue weighted by Gasteiger charge is 2.29. The van der Waals surface area contributed by atoms with Crippen molar-refractivity contribution in [3.05, 3.63) is 12.7 Å². The number of anilines is 1. The Labute approximate surface area is 97.4 Å². The first kappa shape index (κ1) is 12.1. The number of halogens is 3. The van der Waals surface area contributed by atoms with E-state index in [1.807, 2.05) is 0 Å². The van der Waals surface area contributed by atoms with Gasteiger partial charge >= 0.3 is 12.3 Å². The predicted octanol–water partition coefficient (Wildman–Crippen LogP) is 1.46. The number of rotatable bonds is 2. The van der Waals surface area contributed by atoms with Crippen LogP contribution < -0.4 is 5.32 Å². The molecule has 0 spiro atoms. The third-order valence-corrected chi connectivity index (χ3v) is 1.81. The maximum absolute atomic E-state index is 11.8. The first-order valence-corrected chi connectivity index (χ1v) is 4.60. The van der Waals surface area contributed by atoms with Gasteiger partial charge in [0.05, 0.1) is 6.33 Å². The van der Waals surface area contributed by atoms with E-state index < -0.39 is 18.9 Å². The molecule has 0 unspecified atom stereocenters. The molecule has 2 aromatic rings. The Morgan fingerprint density at radius 2 is 2.17 bits per heavy atom. The zero-order valence-electron chi connectivity index (χ0n) is 8.65. The van der Waals surface area contributed by atoms with Gasteiger partial charge in [-0.15, -0.1) is 0 Å². The van der Waals surface area contributed by atoms with Crippen LogP contribution in [-0.2, 0) is 4.74 Å². The van der Waals surface area contributed by atoms with Crippen molar-refractivity contribution in [1.29, 1.82) is 0 Å². The lowest BCUT2D eigenvalue weighted by molar-refractivity contribution is -0.159. The second-order valence-corrected chi connectivity index (χ2v) is 3.14. The molecule has 7 nitrogen and oxygen atoms in total. The van der Waals surface area contributed by atoms with E-state index in [2.05, 4.69) is 30.0 Å². The predicted molar refractivity (Wildman–Crippen MR) is 52.7 cm³/mol. The summed E-state index contributed by atoms with van der Waals surface area (Å²) in [5.74, 6) is -0.00956. The smallest absolute Gasteiger partial charge is 0.422 e. The first-order valence-electron chi connectivity index (χ1n) is 4.60. The average molecular weight is 261 g/mol. The monoisotopic (exact) mass is 261 g/mol. The van der Waals surface area contributed by atoms with Gasteiger partial charge in [-0.1, -0.05) is 0 Å². The van der Waals surface area contributed by atoms with Gasteiger partial charge in [0.25, 0.3) is 0 Å². The van der Waals surface area contributed by atoms with E-state index in [-0.39, 0.29) is 11.5 Å². The Hall–Kier alpha value is -2.39.